The fourth-order valence-electron chi connectivity index (χ4n) is 6.48. The van der Waals surface area contributed by atoms with Crippen molar-refractivity contribution in [2.75, 3.05) is 44.2 Å². The second-order valence-electron chi connectivity index (χ2n) is 11.3. The maximum Gasteiger partial charge on any atom is 0.403 e. The molecule has 4 heterocycles. The minimum atomic E-state index is -4.59. The number of carbonyl (C=O) groups excluding carboxylic acids is 2. The number of hydrogen-bond donors (Lipinski definition) is 2. The number of ether oxygens (including phenoxy) is 1. The van der Waals surface area contributed by atoms with Gasteiger partial charge in [0, 0.05) is 62.3 Å². The Kier molecular flexibility index (Phi) is 8.91. The van der Waals surface area contributed by atoms with Crippen LogP contribution in [0.4, 0.5) is 18.9 Å². The number of rotatable bonds is 8. The molecule has 2 saturated heterocycles. The van der Waals surface area contributed by atoms with E-state index in [9.17, 15) is 22.8 Å². The quantitative estimate of drug-likeness (QED) is 0.477. The van der Waals surface area contributed by atoms with Crippen LogP contribution >= 0.6 is 0 Å². The van der Waals surface area contributed by atoms with Gasteiger partial charge in [0.15, 0.2) is 5.69 Å². The van der Waals surface area contributed by atoms with E-state index in [4.69, 9.17) is 9.72 Å². The summed E-state index contributed by atoms with van der Waals surface area (Å²) < 4.78 is 48.6. The van der Waals surface area contributed by atoms with Gasteiger partial charge >= 0.3 is 6.18 Å². The van der Waals surface area contributed by atoms with Gasteiger partial charge in [-0.1, -0.05) is 19.8 Å². The first kappa shape index (κ1) is 30.1. The summed E-state index contributed by atoms with van der Waals surface area (Å²) >= 11 is 0. The molecule has 0 spiro atoms. The lowest BCUT2D eigenvalue weighted by molar-refractivity contribution is -0.226. The predicted octanol–water partition coefficient (Wildman–Crippen LogP) is 4.18. The second-order valence-corrected chi connectivity index (χ2v) is 11.3. The van der Waals surface area contributed by atoms with Crippen molar-refractivity contribution in [2.45, 2.75) is 70.6 Å². The molecule has 5 rings (SSSR count). The van der Waals surface area contributed by atoms with E-state index in [1.54, 1.807) is 24.5 Å². The molecule has 0 aromatic carbocycles. The zero-order valence-corrected chi connectivity index (χ0v) is 24.2. The normalized spacial score (nSPS) is 22.3. The Bertz CT molecular complexity index is 1260. The van der Waals surface area contributed by atoms with Gasteiger partial charge in [0.25, 0.3) is 5.91 Å². The molecule has 0 bridgehead atoms. The molecule has 2 atom stereocenters. The molecular formula is C30H39F3N6O3. The van der Waals surface area contributed by atoms with Crippen molar-refractivity contribution in [3.8, 4) is 17.0 Å². The van der Waals surface area contributed by atoms with E-state index < -0.39 is 17.5 Å². The minimum absolute atomic E-state index is 0.0398. The molecular weight excluding hydrogens is 549 g/mol. The van der Waals surface area contributed by atoms with Crippen LogP contribution in [0.1, 0.15) is 62.9 Å². The standard InChI is InChI=1S/C30H39F3N6O3/c1-3-22-19-38(28(41)29(30(31,32)33)10-5-6-11-29)14-15-39(22)23-16-24(42-4-2)25(20-8-7-12-34-17-20)37-26(23)27(40)36-21-9-13-35-18-21/h7-8,12,16-17,21-22,35H,3-6,9-11,13-15,18-19H2,1-2H3,(H,36,40)/t21-,22+/m0/s1. The molecule has 9 nitrogen and oxygen atoms in total. The third-order valence-corrected chi connectivity index (χ3v) is 8.77. The van der Waals surface area contributed by atoms with E-state index >= 15 is 0 Å². The Labute approximate surface area is 244 Å². The summed E-state index contributed by atoms with van der Waals surface area (Å²) in [4.78, 5) is 39.6. The average molecular weight is 589 g/mol. The van der Waals surface area contributed by atoms with E-state index in [0.29, 0.717) is 55.1 Å². The Morgan fingerprint density at radius 1 is 1.21 bits per heavy atom. The smallest absolute Gasteiger partial charge is 0.403 e. The highest BCUT2D eigenvalue weighted by Crippen LogP contribution is 2.52. The molecule has 228 valence electrons. The Morgan fingerprint density at radius 2 is 2.00 bits per heavy atom. The van der Waals surface area contributed by atoms with Crippen molar-refractivity contribution < 1.29 is 27.5 Å². The Hall–Kier alpha value is -3.41. The topological polar surface area (TPSA) is 99.7 Å². The zero-order valence-electron chi connectivity index (χ0n) is 24.2. The summed E-state index contributed by atoms with van der Waals surface area (Å²) in [5.41, 5.74) is -0.368. The van der Waals surface area contributed by atoms with Crippen LogP contribution in [0.15, 0.2) is 30.6 Å². The Morgan fingerprint density at radius 3 is 2.62 bits per heavy atom. The van der Waals surface area contributed by atoms with Gasteiger partial charge in [0.05, 0.1) is 12.3 Å². The van der Waals surface area contributed by atoms with Gasteiger partial charge in [-0.15, -0.1) is 0 Å². The molecule has 2 aromatic heterocycles. The van der Waals surface area contributed by atoms with Crippen LogP contribution in [-0.2, 0) is 4.79 Å². The van der Waals surface area contributed by atoms with Crippen LogP contribution < -0.4 is 20.3 Å². The van der Waals surface area contributed by atoms with Gasteiger partial charge in [-0.2, -0.15) is 13.2 Å². The van der Waals surface area contributed by atoms with Crippen LogP contribution in [0.3, 0.4) is 0 Å². The van der Waals surface area contributed by atoms with Gasteiger partial charge in [0.2, 0.25) is 5.91 Å². The minimum Gasteiger partial charge on any atom is -0.492 e. The molecule has 3 fully saturated rings. The zero-order chi connectivity index (χ0) is 29.9. The lowest BCUT2D eigenvalue weighted by atomic mass is 9.83. The average Bonchev–Trinajstić information content (AvgIpc) is 3.70. The van der Waals surface area contributed by atoms with E-state index in [1.807, 2.05) is 24.8 Å². The lowest BCUT2D eigenvalue weighted by Gasteiger charge is -2.45. The highest BCUT2D eigenvalue weighted by molar-refractivity contribution is 5.99. The number of piperazine rings is 1. The fraction of sp³-hybridized carbons (Fsp3) is 0.600. The third-order valence-electron chi connectivity index (χ3n) is 8.77. The van der Waals surface area contributed by atoms with Crippen molar-refractivity contribution in [3.05, 3.63) is 36.3 Å². The van der Waals surface area contributed by atoms with Gasteiger partial charge < -0.3 is 25.2 Å². The van der Waals surface area contributed by atoms with Gasteiger partial charge in [-0.05, 0) is 51.3 Å². The van der Waals surface area contributed by atoms with Crippen LogP contribution in [-0.4, -0.2) is 84.3 Å². The number of pyridine rings is 2. The molecule has 0 unspecified atom stereocenters. The number of carbonyl (C=O) groups is 2. The summed E-state index contributed by atoms with van der Waals surface area (Å²) in [6.45, 7) is 6.15. The summed E-state index contributed by atoms with van der Waals surface area (Å²) in [7, 11) is 0. The monoisotopic (exact) mass is 588 g/mol. The van der Waals surface area contributed by atoms with Gasteiger partial charge in [0.1, 0.15) is 16.9 Å². The van der Waals surface area contributed by atoms with E-state index in [1.165, 1.54) is 4.90 Å². The van der Waals surface area contributed by atoms with Crippen molar-refractivity contribution in [2.24, 2.45) is 5.41 Å². The maximum absolute atomic E-state index is 14.2. The molecule has 42 heavy (non-hydrogen) atoms. The van der Waals surface area contributed by atoms with E-state index in [0.717, 1.165) is 13.0 Å². The molecule has 1 aliphatic carbocycles. The van der Waals surface area contributed by atoms with Crippen molar-refractivity contribution in [1.29, 1.82) is 0 Å². The highest BCUT2D eigenvalue weighted by atomic mass is 19.4. The third kappa shape index (κ3) is 5.77. The predicted molar refractivity (Wildman–Crippen MR) is 152 cm³/mol. The Balaban J connectivity index is 1.50. The molecule has 2 amide bonds. The van der Waals surface area contributed by atoms with Crippen molar-refractivity contribution >= 4 is 17.5 Å². The number of alkyl halides is 3. The highest BCUT2D eigenvalue weighted by Gasteiger charge is 2.62. The number of halogens is 3. The largest absolute Gasteiger partial charge is 0.492 e. The first-order valence-corrected chi connectivity index (χ1v) is 14.9. The van der Waals surface area contributed by atoms with Gasteiger partial charge in [-0.3, -0.25) is 14.6 Å². The number of nitrogens with zero attached hydrogens (tertiary/aromatic N) is 4. The summed E-state index contributed by atoms with van der Waals surface area (Å²) in [6.07, 6.45) is 0.551. The molecule has 2 aliphatic heterocycles. The number of hydrogen-bond acceptors (Lipinski definition) is 7. The summed E-state index contributed by atoms with van der Waals surface area (Å²) in [6, 6.07) is 5.08. The molecule has 12 heteroatoms. The van der Waals surface area contributed by atoms with E-state index in [-0.39, 0.29) is 56.2 Å². The van der Waals surface area contributed by atoms with Crippen LogP contribution in [0.5, 0.6) is 5.75 Å². The molecule has 3 aliphatic rings. The summed E-state index contributed by atoms with van der Waals surface area (Å²) in [5.74, 6) is -0.672. The first-order chi connectivity index (χ1) is 20.2. The molecule has 2 N–H and O–H groups in total. The molecule has 0 radical (unpaired) electrons. The number of amides is 2. The van der Waals surface area contributed by atoms with Gasteiger partial charge in [-0.25, -0.2) is 4.98 Å². The second kappa shape index (κ2) is 12.4. The first-order valence-electron chi connectivity index (χ1n) is 14.9. The number of anilines is 1. The van der Waals surface area contributed by atoms with Crippen molar-refractivity contribution in [1.82, 2.24) is 25.5 Å². The summed E-state index contributed by atoms with van der Waals surface area (Å²) in [5, 5.41) is 6.33. The fourth-order valence-corrected chi connectivity index (χ4v) is 6.48. The lowest BCUT2D eigenvalue weighted by Crippen LogP contribution is -2.60. The van der Waals surface area contributed by atoms with Crippen molar-refractivity contribution in [3.63, 3.8) is 0 Å². The SMILES string of the molecule is CCOc1cc(N2CCN(C(=O)C3(C(F)(F)F)CCCC3)C[C@H]2CC)c(C(=O)N[C@H]2CCNC2)nc1-c1cccnc1. The molecule has 2 aromatic rings. The maximum atomic E-state index is 14.2. The van der Waals surface area contributed by atoms with Crippen LogP contribution in [0.25, 0.3) is 11.3 Å². The van der Waals surface area contributed by atoms with Crippen LogP contribution in [0, 0.1) is 5.41 Å². The number of nitrogens with one attached hydrogen (secondary N) is 2. The van der Waals surface area contributed by atoms with Crippen LogP contribution in [0.2, 0.25) is 0 Å². The molecule has 1 saturated carbocycles. The van der Waals surface area contributed by atoms with E-state index in [2.05, 4.69) is 15.6 Å². The number of aromatic nitrogens is 2.